The molecule has 0 spiro atoms. The van der Waals surface area contributed by atoms with E-state index >= 15 is 0 Å². The zero-order valence-corrected chi connectivity index (χ0v) is 6.49. The zero-order valence-electron chi connectivity index (χ0n) is 6.49. The number of nitrogens with zero attached hydrogens (tertiary/aromatic N) is 2. The molecule has 0 aliphatic carbocycles. The van der Waals surface area contributed by atoms with Crippen LogP contribution in [0.3, 0.4) is 0 Å². The van der Waals surface area contributed by atoms with Gasteiger partial charge in [0.15, 0.2) is 0 Å². The second-order valence-corrected chi connectivity index (χ2v) is 2.44. The summed E-state index contributed by atoms with van der Waals surface area (Å²) in [6, 6.07) is -0.00847. The molecule has 0 aliphatic rings. The Bertz CT molecular complexity index is 267. The highest BCUT2D eigenvalue weighted by atomic mass is 15.1. The standard InChI is InChI=1S/C8H11N3/c1-3-4-11-6-10-5-8(11)7(2)9/h1,5-7H,4,9H2,2H3. The smallest absolute Gasteiger partial charge is 0.0957 e. The summed E-state index contributed by atoms with van der Waals surface area (Å²) in [5, 5.41) is 0. The number of nitrogens with two attached hydrogens (primary N) is 1. The third-order valence-electron chi connectivity index (χ3n) is 1.47. The molecule has 0 saturated carbocycles. The fourth-order valence-electron chi connectivity index (χ4n) is 0.941. The lowest BCUT2D eigenvalue weighted by Crippen LogP contribution is -2.11. The van der Waals surface area contributed by atoms with E-state index in [4.69, 9.17) is 12.2 Å². The average Bonchev–Trinajstić information content (AvgIpc) is 2.36. The van der Waals surface area contributed by atoms with Crippen LogP contribution in [-0.4, -0.2) is 9.55 Å². The van der Waals surface area contributed by atoms with Gasteiger partial charge in [-0.25, -0.2) is 4.98 Å². The Labute approximate surface area is 66.2 Å². The number of terminal acetylenes is 1. The minimum absolute atomic E-state index is 0.00847. The van der Waals surface area contributed by atoms with Crippen LogP contribution in [-0.2, 0) is 6.54 Å². The zero-order chi connectivity index (χ0) is 8.27. The lowest BCUT2D eigenvalue weighted by Gasteiger charge is -2.06. The van der Waals surface area contributed by atoms with E-state index in [2.05, 4.69) is 10.9 Å². The van der Waals surface area contributed by atoms with Gasteiger partial charge in [-0.05, 0) is 6.92 Å². The summed E-state index contributed by atoms with van der Waals surface area (Å²) in [6.45, 7) is 2.45. The van der Waals surface area contributed by atoms with Crippen molar-refractivity contribution in [1.82, 2.24) is 9.55 Å². The Morgan fingerprint density at radius 3 is 3.18 bits per heavy atom. The molecule has 0 amide bonds. The number of hydrogen-bond donors (Lipinski definition) is 1. The van der Waals surface area contributed by atoms with Crippen LogP contribution >= 0.6 is 0 Å². The molecule has 0 fully saturated rings. The van der Waals surface area contributed by atoms with Crippen molar-refractivity contribution < 1.29 is 0 Å². The fourth-order valence-corrected chi connectivity index (χ4v) is 0.941. The van der Waals surface area contributed by atoms with Gasteiger partial charge in [0, 0.05) is 12.2 Å². The highest BCUT2D eigenvalue weighted by Gasteiger charge is 2.04. The van der Waals surface area contributed by atoms with Crippen LogP contribution in [0.5, 0.6) is 0 Å². The normalized spacial score (nSPS) is 12.5. The van der Waals surface area contributed by atoms with Gasteiger partial charge in [0.2, 0.25) is 0 Å². The quantitative estimate of drug-likeness (QED) is 0.623. The summed E-state index contributed by atoms with van der Waals surface area (Å²) in [7, 11) is 0. The van der Waals surface area contributed by atoms with Crippen molar-refractivity contribution in [2.24, 2.45) is 5.73 Å². The summed E-state index contributed by atoms with van der Waals surface area (Å²) in [5.41, 5.74) is 6.63. The molecular formula is C8H11N3. The van der Waals surface area contributed by atoms with Crippen molar-refractivity contribution >= 4 is 0 Å². The maximum absolute atomic E-state index is 5.66. The molecule has 0 aromatic carbocycles. The Kier molecular flexibility index (Phi) is 2.29. The second-order valence-electron chi connectivity index (χ2n) is 2.44. The molecule has 3 heteroatoms. The highest BCUT2D eigenvalue weighted by molar-refractivity contribution is 5.05. The lowest BCUT2D eigenvalue weighted by molar-refractivity contribution is 0.690. The summed E-state index contributed by atoms with van der Waals surface area (Å²) < 4.78 is 1.87. The molecule has 0 aliphatic heterocycles. The molecule has 0 saturated heterocycles. The minimum atomic E-state index is -0.00847. The van der Waals surface area contributed by atoms with E-state index in [1.165, 1.54) is 0 Å². The molecule has 1 aromatic rings. The Morgan fingerprint density at radius 2 is 2.64 bits per heavy atom. The van der Waals surface area contributed by atoms with Gasteiger partial charge < -0.3 is 10.3 Å². The molecule has 3 nitrogen and oxygen atoms in total. The summed E-state index contributed by atoms with van der Waals surface area (Å²) in [5.74, 6) is 2.53. The molecule has 1 heterocycles. The van der Waals surface area contributed by atoms with Crippen LogP contribution in [0.1, 0.15) is 18.7 Å². The molecule has 2 N–H and O–H groups in total. The molecular weight excluding hydrogens is 138 g/mol. The first-order chi connectivity index (χ1) is 5.25. The average molecular weight is 149 g/mol. The number of rotatable bonds is 2. The van der Waals surface area contributed by atoms with Gasteiger partial charge in [-0.2, -0.15) is 0 Å². The molecule has 11 heavy (non-hydrogen) atoms. The van der Waals surface area contributed by atoms with Gasteiger partial charge in [0.1, 0.15) is 0 Å². The number of hydrogen-bond acceptors (Lipinski definition) is 2. The van der Waals surface area contributed by atoms with Gasteiger partial charge in [-0.1, -0.05) is 5.92 Å². The molecule has 1 aromatic heterocycles. The van der Waals surface area contributed by atoms with E-state index in [-0.39, 0.29) is 6.04 Å². The van der Waals surface area contributed by atoms with Crippen molar-refractivity contribution in [1.29, 1.82) is 0 Å². The predicted octanol–water partition coefficient (Wildman–Crippen LogP) is 0.536. The van der Waals surface area contributed by atoms with Crippen LogP contribution in [0.4, 0.5) is 0 Å². The first kappa shape index (κ1) is 7.83. The third-order valence-corrected chi connectivity index (χ3v) is 1.47. The molecule has 0 bridgehead atoms. The van der Waals surface area contributed by atoms with Crippen LogP contribution in [0.15, 0.2) is 12.5 Å². The van der Waals surface area contributed by atoms with Gasteiger partial charge >= 0.3 is 0 Å². The Morgan fingerprint density at radius 1 is 1.91 bits per heavy atom. The highest BCUT2D eigenvalue weighted by Crippen LogP contribution is 2.07. The van der Waals surface area contributed by atoms with Crippen molar-refractivity contribution in [2.75, 3.05) is 0 Å². The first-order valence-corrected chi connectivity index (χ1v) is 3.44. The largest absolute Gasteiger partial charge is 0.323 e. The minimum Gasteiger partial charge on any atom is -0.323 e. The molecule has 1 unspecified atom stereocenters. The maximum atomic E-state index is 5.66. The maximum Gasteiger partial charge on any atom is 0.0957 e. The monoisotopic (exact) mass is 149 g/mol. The SMILES string of the molecule is C#CCn1cncc1C(C)N. The number of aromatic nitrogens is 2. The molecule has 58 valence electrons. The van der Waals surface area contributed by atoms with E-state index in [0.29, 0.717) is 6.54 Å². The van der Waals surface area contributed by atoms with Crippen LogP contribution < -0.4 is 5.73 Å². The van der Waals surface area contributed by atoms with E-state index < -0.39 is 0 Å². The van der Waals surface area contributed by atoms with Crippen LogP contribution in [0, 0.1) is 12.3 Å². The van der Waals surface area contributed by atoms with Crippen LogP contribution in [0.25, 0.3) is 0 Å². The third kappa shape index (κ3) is 1.60. The molecule has 1 rings (SSSR count). The summed E-state index contributed by atoms with van der Waals surface area (Å²) >= 11 is 0. The van der Waals surface area contributed by atoms with Crippen molar-refractivity contribution in [3.8, 4) is 12.3 Å². The Hall–Kier alpha value is -1.27. The molecule has 0 radical (unpaired) electrons. The summed E-state index contributed by atoms with van der Waals surface area (Å²) in [4.78, 5) is 3.95. The van der Waals surface area contributed by atoms with E-state index in [0.717, 1.165) is 5.69 Å². The predicted molar refractivity (Wildman–Crippen MR) is 43.7 cm³/mol. The van der Waals surface area contributed by atoms with Gasteiger partial charge in [0.25, 0.3) is 0 Å². The van der Waals surface area contributed by atoms with Crippen LogP contribution in [0.2, 0.25) is 0 Å². The Balaban J connectivity index is 2.89. The first-order valence-electron chi connectivity index (χ1n) is 3.44. The summed E-state index contributed by atoms with van der Waals surface area (Å²) in [6.07, 6.45) is 8.58. The second kappa shape index (κ2) is 3.22. The van der Waals surface area contributed by atoms with Gasteiger partial charge in [-0.3, -0.25) is 0 Å². The van der Waals surface area contributed by atoms with Crippen molar-refractivity contribution in [3.63, 3.8) is 0 Å². The van der Waals surface area contributed by atoms with E-state index in [9.17, 15) is 0 Å². The number of imidazole rings is 1. The topological polar surface area (TPSA) is 43.8 Å². The van der Waals surface area contributed by atoms with Crippen molar-refractivity contribution in [3.05, 3.63) is 18.2 Å². The van der Waals surface area contributed by atoms with Gasteiger partial charge in [-0.15, -0.1) is 6.42 Å². The lowest BCUT2D eigenvalue weighted by atomic mass is 10.3. The van der Waals surface area contributed by atoms with E-state index in [1.54, 1.807) is 12.5 Å². The van der Waals surface area contributed by atoms with Crippen molar-refractivity contribution in [2.45, 2.75) is 19.5 Å². The molecule has 1 atom stereocenters. The van der Waals surface area contributed by atoms with E-state index in [1.807, 2.05) is 11.5 Å². The fraction of sp³-hybridized carbons (Fsp3) is 0.375. The van der Waals surface area contributed by atoms with Gasteiger partial charge in [0.05, 0.1) is 18.6 Å².